The second-order valence-electron chi connectivity index (χ2n) is 10.1. The zero-order valence-corrected chi connectivity index (χ0v) is 22.4. The minimum Gasteiger partial charge on any atom is -0.468 e. The van der Waals surface area contributed by atoms with Gasteiger partial charge in [-0.25, -0.2) is 0 Å². The Kier molecular flexibility index (Phi) is 7.00. The van der Waals surface area contributed by atoms with Crippen LogP contribution in [-0.4, -0.2) is 76.8 Å². The van der Waals surface area contributed by atoms with Crippen molar-refractivity contribution < 1.29 is 23.9 Å². The average Bonchev–Trinajstić information content (AvgIpc) is 2.98. The highest BCUT2D eigenvalue weighted by molar-refractivity contribution is 6.17. The smallest absolute Gasteiger partial charge is 0.322 e. The fourth-order valence-electron chi connectivity index (χ4n) is 6.49. The van der Waals surface area contributed by atoms with Crippen LogP contribution in [0, 0.1) is 10.8 Å². The number of rotatable bonds is 6. The summed E-state index contributed by atoms with van der Waals surface area (Å²) in [5, 5.41) is 0. The average molecular weight is 530 g/mol. The van der Waals surface area contributed by atoms with Gasteiger partial charge in [0, 0.05) is 37.7 Å². The summed E-state index contributed by atoms with van der Waals surface area (Å²) in [5.41, 5.74) is -1.84. The highest BCUT2D eigenvalue weighted by Crippen LogP contribution is 2.60. The van der Waals surface area contributed by atoms with E-state index in [2.05, 4.69) is 15.0 Å². The molecule has 5 heterocycles. The number of esters is 2. The van der Waals surface area contributed by atoms with E-state index < -0.39 is 40.6 Å². The molecular weight excluding hydrogens is 498 g/mol. The number of piperidine rings is 2. The van der Waals surface area contributed by atoms with Gasteiger partial charge in [0.2, 0.25) is 0 Å². The van der Waals surface area contributed by atoms with Crippen LogP contribution in [0.1, 0.15) is 42.1 Å². The van der Waals surface area contributed by atoms with E-state index in [4.69, 9.17) is 9.47 Å². The Morgan fingerprint density at radius 1 is 0.821 bits per heavy atom. The summed E-state index contributed by atoms with van der Waals surface area (Å²) in [5.74, 6) is -2.02. The minimum absolute atomic E-state index is 0.00445. The van der Waals surface area contributed by atoms with E-state index in [9.17, 15) is 14.4 Å². The molecule has 2 aliphatic heterocycles. The molecule has 5 rings (SSSR count). The van der Waals surface area contributed by atoms with Crippen LogP contribution in [0.2, 0.25) is 0 Å². The minimum atomic E-state index is -1.79. The summed E-state index contributed by atoms with van der Waals surface area (Å²) in [6, 6.07) is 14.2. The lowest BCUT2D eigenvalue weighted by Crippen LogP contribution is -2.75. The molecule has 2 fully saturated rings. The molecule has 5 atom stereocenters. The number of fused-ring (bicyclic) bond motifs is 2. The van der Waals surface area contributed by atoms with Crippen molar-refractivity contribution in [2.45, 2.75) is 25.0 Å². The summed E-state index contributed by atoms with van der Waals surface area (Å²) in [7, 11) is 4.30. The molecule has 202 valence electrons. The first kappa shape index (κ1) is 26.6. The molecule has 0 aromatic carbocycles. The summed E-state index contributed by atoms with van der Waals surface area (Å²) in [4.78, 5) is 60.3. The number of carbonyl (C=O) groups is 3. The number of ether oxygens (including phenoxy) is 2. The summed E-state index contributed by atoms with van der Waals surface area (Å²) in [6.07, 6.45) is 4.93. The van der Waals surface area contributed by atoms with Crippen molar-refractivity contribution in [2.75, 3.05) is 34.4 Å². The van der Waals surface area contributed by atoms with Crippen molar-refractivity contribution in [2.24, 2.45) is 10.8 Å². The number of hydrogen-bond donors (Lipinski definition) is 0. The molecule has 0 aliphatic carbocycles. The predicted octanol–water partition coefficient (Wildman–Crippen LogP) is 2.56. The first-order valence-electron chi connectivity index (χ1n) is 12.7. The van der Waals surface area contributed by atoms with Gasteiger partial charge in [-0.2, -0.15) is 0 Å². The summed E-state index contributed by atoms with van der Waals surface area (Å²) in [6.45, 7) is 1.93. The van der Waals surface area contributed by atoms with Gasteiger partial charge in [0.15, 0.2) is 16.6 Å². The van der Waals surface area contributed by atoms with Gasteiger partial charge < -0.3 is 9.47 Å². The number of carbonyl (C=O) groups excluding carboxylic acids is 3. The Hall–Kier alpha value is -4.02. The number of likely N-dealkylation sites (tertiary alicyclic amines) is 2. The molecule has 3 aromatic heterocycles. The maximum Gasteiger partial charge on any atom is 0.322 e. The fraction of sp³-hybridized carbons (Fsp3) is 0.379. The van der Waals surface area contributed by atoms with E-state index in [0.29, 0.717) is 11.4 Å². The van der Waals surface area contributed by atoms with Crippen LogP contribution >= 0.6 is 0 Å². The zero-order chi connectivity index (χ0) is 27.8. The second kappa shape index (κ2) is 10.3. The molecule has 10 heteroatoms. The van der Waals surface area contributed by atoms with E-state index in [0.717, 1.165) is 5.69 Å². The number of Topliss-reactive ketones (excluding diaryl/α,β-unsaturated/α-hetero) is 1. The van der Waals surface area contributed by atoms with Crippen molar-refractivity contribution in [1.82, 2.24) is 24.8 Å². The number of aromatic nitrogens is 3. The number of pyridine rings is 3. The highest BCUT2D eigenvalue weighted by Gasteiger charge is 2.75. The van der Waals surface area contributed by atoms with Crippen molar-refractivity contribution in [1.29, 1.82) is 0 Å². The molecular formula is C29H31N5O5. The van der Waals surface area contributed by atoms with Crippen molar-refractivity contribution >= 4 is 17.7 Å². The highest BCUT2D eigenvalue weighted by atomic mass is 16.5. The monoisotopic (exact) mass is 529 g/mol. The van der Waals surface area contributed by atoms with Gasteiger partial charge in [-0.05, 0) is 50.4 Å². The maximum atomic E-state index is 14.9. The van der Waals surface area contributed by atoms with Crippen LogP contribution in [0.5, 0.6) is 0 Å². The van der Waals surface area contributed by atoms with Crippen LogP contribution in [0.3, 0.4) is 0 Å². The lowest BCUT2D eigenvalue weighted by molar-refractivity contribution is -0.205. The maximum absolute atomic E-state index is 14.9. The summed E-state index contributed by atoms with van der Waals surface area (Å²) < 4.78 is 10.7. The first-order chi connectivity index (χ1) is 18.8. The van der Waals surface area contributed by atoms with Crippen LogP contribution in [0.4, 0.5) is 0 Å². The van der Waals surface area contributed by atoms with Gasteiger partial charge in [0.1, 0.15) is 0 Å². The first-order valence-corrected chi connectivity index (χ1v) is 12.7. The van der Waals surface area contributed by atoms with Crippen LogP contribution in [-0.2, 0) is 23.9 Å². The number of ketones is 1. The van der Waals surface area contributed by atoms with E-state index in [1.807, 2.05) is 34.9 Å². The van der Waals surface area contributed by atoms with Gasteiger partial charge in [0.05, 0.1) is 43.4 Å². The number of methoxy groups -OCH3 is 2. The Balaban J connectivity index is 1.82. The lowest BCUT2D eigenvalue weighted by Gasteiger charge is -2.61. The van der Waals surface area contributed by atoms with Gasteiger partial charge in [-0.1, -0.05) is 18.2 Å². The van der Waals surface area contributed by atoms with Gasteiger partial charge in [0.25, 0.3) is 0 Å². The fourth-order valence-corrected chi connectivity index (χ4v) is 6.49. The Labute approximate surface area is 227 Å². The second-order valence-corrected chi connectivity index (χ2v) is 10.1. The molecule has 0 spiro atoms. The molecule has 0 N–H and O–H groups in total. The van der Waals surface area contributed by atoms with Gasteiger partial charge in [-0.3, -0.25) is 39.1 Å². The third-order valence-corrected chi connectivity index (χ3v) is 8.16. The predicted molar refractivity (Wildman–Crippen MR) is 140 cm³/mol. The molecule has 10 nitrogen and oxygen atoms in total. The number of nitrogens with zero attached hydrogens (tertiary/aromatic N) is 5. The molecule has 5 unspecified atom stereocenters. The standard InChI is InChI=1S/C29H31N5O5/c1-19(20-11-5-8-14-30-20)34-17-28(26(36)38-3)23(21-12-6-9-15-31-21)33(2)24(22-13-7-10-16-32-22)29(18-34,25(28)35)27(37)39-4/h5-16,19,23-24H,17-18H2,1-4H3. The lowest BCUT2D eigenvalue weighted by atomic mass is 9.54. The van der Waals surface area contributed by atoms with Crippen molar-refractivity contribution in [3.8, 4) is 0 Å². The van der Waals surface area contributed by atoms with E-state index in [1.54, 1.807) is 62.0 Å². The van der Waals surface area contributed by atoms with Crippen LogP contribution in [0.15, 0.2) is 73.2 Å². The Morgan fingerprint density at radius 2 is 1.28 bits per heavy atom. The summed E-state index contributed by atoms with van der Waals surface area (Å²) >= 11 is 0. The van der Waals surface area contributed by atoms with E-state index in [-0.39, 0.29) is 19.1 Å². The third kappa shape index (κ3) is 3.93. The largest absolute Gasteiger partial charge is 0.468 e. The van der Waals surface area contributed by atoms with E-state index >= 15 is 0 Å². The van der Waals surface area contributed by atoms with E-state index in [1.165, 1.54) is 14.2 Å². The molecule has 3 aromatic rings. The molecule has 2 aliphatic rings. The van der Waals surface area contributed by atoms with Crippen LogP contribution in [0.25, 0.3) is 0 Å². The molecule has 39 heavy (non-hydrogen) atoms. The Morgan fingerprint density at radius 3 is 1.67 bits per heavy atom. The van der Waals surface area contributed by atoms with Crippen molar-refractivity contribution in [3.63, 3.8) is 0 Å². The quantitative estimate of drug-likeness (QED) is 0.349. The van der Waals surface area contributed by atoms with Gasteiger partial charge in [-0.15, -0.1) is 0 Å². The van der Waals surface area contributed by atoms with Crippen LogP contribution < -0.4 is 0 Å². The molecule has 0 amide bonds. The third-order valence-electron chi connectivity index (χ3n) is 8.16. The van der Waals surface area contributed by atoms with Crippen molar-refractivity contribution in [3.05, 3.63) is 90.3 Å². The molecule has 0 radical (unpaired) electrons. The molecule has 0 saturated carbocycles. The normalized spacial score (nSPS) is 27.9. The molecule has 2 saturated heterocycles. The topological polar surface area (TPSA) is 115 Å². The molecule has 2 bridgehead atoms. The Bertz CT molecular complexity index is 1280. The SMILES string of the molecule is COC(=O)C12CN(C(C)c3ccccn3)CC(C(=O)OC)(C1=O)C(c1ccccn1)N(C)C2c1ccccn1. The number of hydrogen-bond acceptors (Lipinski definition) is 10. The zero-order valence-electron chi connectivity index (χ0n) is 22.4. The van der Waals surface area contributed by atoms with Gasteiger partial charge >= 0.3 is 11.9 Å².